The number of likely N-dealkylation sites (N-methyl/N-ethyl adjacent to an activating group) is 1. The van der Waals surface area contributed by atoms with Crippen molar-refractivity contribution >= 4 is 33.4 Å². The van der Waals surface area contributed by atoms with E-state index in [1.165, 1.54) is 4.90 Å². The third-order valence-corrected chi connectivity index (χ3v) is 4.30. The molecule has 6 nitrogen and oxygen atoms in total. The minimum absolute atomic E-state index is 0.274. The van der Waals surface area contributed by atoms with Crippen LogP contribution in [-0.4, -0.2) is 40.4 Å². The second kappa shape index (κ2) is 6.62. The van der Waals surface area contributed by atoms with Gasteiger partial charge in [0.15, 0.2) is 6.61 Å². The van der Waals surface area contributed by atoms with E-state index < -0.39 is 5.97 Å². The summed E-state index contributed by atoms with van der Waals surface area (Å²) in [7, 11) is 1.66. The lowest BCUT2D eigenvalue weighted by molar-refractivity contribution is -0.133. The van der Waals surface area contributed by atoms with Gasteiger partial charge in [-0.3, -0.25) is 4.79 Å². The first-order valence-electron chi connectivity index (χ1n) is 7.02. The number of aromatic nitrogens is 2. The predicted molar refractivity (Wildman–Crippen MR) is 87.2 cm³/mol. The second-order valence-corrected chi connectivity index (χ2v) is 6.10. The van der Waals surface area contributed by atoms with Gasteiger partial charge in [-0.2, -0.15) is 0 Å². The standard InChI is InChI=1S/C16H15N3O3S/c1-19(9-14-18-11-5-2-3-7-13(11)23-14)15(20)10-22-16(21)12-6-4-8-17-12/h2-8,17H,9-10H2,1H3. The average molecular weight is 329 g/mol. The molecule has 0 radical (unpaired) electrons. The van der Waals surface area contributed by atoms with Crippen molar-refractivity contribution in [2.24, 2.45) is 0 Å². The zero-order chi connectivity index (χ0) is 16.2. The number of para-hydroxylation sites is 1. The van der Waals surface area contributed by atoms with Crippen molar-refractivity contribution in [2.45, 2.75) is 6.54 Å². The summed E-state index contributed by atoms with van der Waals surface area (Å²) in [5.41, 5.74) is 1.25. The van der Waals surface area contributed by atoms with E-state index in [9.17, 15) is 9.59 Å². The molecule has 0 atom stereocenters. The van der Waals surface area contributed by atoms with Gasteiger partial charge in [0, 0.05) is 13.2 Å². The molecule has 0 unspecified atom stereocenters. The van der Waals surface area contributed by atoms with Crippen LogP contribution < -0.4 is 0 Å². The molecule has 0 aliphatic carbocycles. The van der Waals surface area contributed by atoms with E-state index in [1.54, 1.807) is 36.7 Å². The number of thiazole rings is 1. The molecule has 0 bridgehead atoms. The molecule has 0 spiro atoms. The SMILES string of the molecule is CN(Cc1nc2ccccc2s1)C(=O)COC(=O)c1ccc[nH]1. The topological polar surface area (TPSA) is 75.3 Å². The molecule has 23 heavy (non-hydrogen) atoms. The number of ether oxygens (including phenoxy) is 1. The maximum Gasteiger partial charge on any atom is 0.355 e. The van der Waals surface area contributed by atoms with Gasteiger partial charge in [0.1, 0.15) is 10.7 Å². The fourth-order valence-corrected chi connectivity index (χ4v) is 3.07. The van der Waals surface area contributed by atoms with Gasteiger partial charge in [-0.15, -0.1) is 11.3 Å². The average Bonchev–Trinajstić information content (AvgIpc) is 3.20. The number of fused-ring (bicyclic) bond motifs is 1. The second-order valence-electron chi connectivity index (χ2n) is 4.99. The lowest BCUT2D eigenvalue weighted by Gasteiger charge is -2.15. The molecular weight excluding hydrogens is 314 g/mol. The molecule has 1 amide bonds. The van der Waals surface area contributed by atoms with Gasteiger partial charge in [0.2, 0.25) is 0 Å². The first-order valence-corrected chi connectivity index (χ1v) is 7.84. The summed E-state index contributed by atoms with van der Waals surface area (Å²) in [5, 5.41) is 0.845. The van der Waals surface area contributed by atoms with E-state index >= 15 is 0 Å². The minimum atomic E-state index is -0.545. The van der Waals surface area contributed by atoms with Crippen molar-refractivity contribution in [3.05, 3.63) is 53.3 Å². The number of esters is 1. The third-order valence-electron chi connectivity index (χ3n) is 3.28. The van der Waals surface area contributed by atoms with Crippen LogP contribution in [0.25, 0.3) is 10.2 Å². The number of carbonyl (C=O) groups excluding carboxylic acids is 2. The Morgan fingerprint density at radius 1 is 1.26 bits per heavy atom. The Hall–Kier alpha value is -2.67. The maximum absolute atomic E-state index is 12.1. The van der Waals surface area contributed by atoms with Gasteiger partial charge in [-0.05, 0) is 24.3 Å². The van der Waals surface area contributed by atoms with Crippen molar-refractivity contribution in [3.8, 4) is 0 Å². The lowest BCUT2D eigenvalue weighted by Crippen LogP contribution is -2.30. The molecule has 0 aliphatic heterocycles. The summed E-state index contributed by atoms with van der Waals surface area (Å²) in [6, 6.07) is 11.1. The smallest absolute Gasteiger partial charge is 0.355 e. The fraction of sp³-hybridized carbons (Fsp3) is 0.188. The number of rotatable bonds is 5. The van der Waals surface area contributed by atoms with Crippen LogP contribution in [0.4, 0.5) is 0 Å². The fourth-order valence-electron chi connectivity index (χ4n) is 2.05. The summed E-state index contributed by atoms with van der Waals surface area (Å²) in [6.07, 6.45) is 1.62. The molecule has 0 aliphatic rings. The summed E-state index contributed by atoms with van der Waals surface area (Å²) in [5.74, 6) is -0.819. The number of H-pyrrole nitrogens is 1. The number of hydrogen-bond acceptors (Lipinski definition) is 5. The van der Waals surface area contributed by atoms with Gasteiger partial charge >= 0.3 is 5.97 Å². The van der Waals surface area contributed by atoms with E-state index in [1.807, 2.05) is 24.3 Å². The van der Waals surface area contributed by atoms with Crippen LogP contribution in [0.1, 0.15) is 15.5 Å². The Bertz CT molecular complexity index is 793. The number of carbonyl (C=O) groups is 2. The highest BCUT2D eigenvalue weighted by Gasteiger charge is 2.15. The highest BCUT2D eigenvalue weighted by atomic mass is 32.1. The molecular formula is C16H15N3O3S. The van der Waals surface area contributed by atoms with Crippen LogP contribution >= 0.6 is 11.3 Å². The van der Waals surface area contributed by atoms with Crippen molar-refractivity contribution in [3.63, 3.8) is 0 Å². The van der Waals surface area contributed by atoms with Gasteiger partial charge in [-0.25, -0.2) is 9.78 Å². The minimum Gasteiger partial charge on any atom is -0.451 e. The molecule has 3 aromatic rings. The van der Waals surface area contributed by atoms with Crippen LogP contribution in [0.5, 0.6) is 0 Å². The Balaban J connectivity index is 1.56. The van der Waals surface area contributed by atoms with Crippen LogP contribution in [-0.2, 0) is 16.1 Å². The summed E-state index contributed by atoms with van der Waals surface area (Å²) in [6.45, 7) is 0.0947. The molecule has 0 fully saturated rings. The Morgan fingerprint density at radius 2 is 2.09 bits per heavy atom. The summed E-state index contributed by atoms with van der Waals surface area (Å²) in [4.78, 5) is 32.4. The van der Waals surface area contributed by atoms with Gasteiger partial charge in [-0.1, -0.05) is 12.1 Å². The first kappa shape index (κ1) is 15.2. The van der Waals surface area contributed by atoms with Gasteiger partial charge in [0.25, 0.3) is 5.91 Å². The van der Waals surface area contributed by atoms with Gasteiger partial charge in [0.05, 0.1) is 16.8 Å². The normalized spacial score (nSPS) is 10.7. The molecule has 7 heteroatoms. The summed E-state index contributed by atoms with van der Waals surface area (Å²) < 4.78 is 6.07. The van der Waals surface area contributed by atoms with Crippen LogP contribution in [0, 0.1) is 0 Å². The quantitative estimate of drug-likeness (QED) is 0.730. The van der Waals surface area contributed by atoms with Crippen molar-refractivity contribution in [2.75, 3.05) is 13.7 Å². The Kier molecular flexibility index (Phi) is 4.38. The predicted octanol–water partition coefficient (Wildman–Crippen LogP) is 2.44. The number of nitrogens with one attached hydrogen (secondary N) is 1. The van der Waals surface area contributed by atoms with Crippen molar-refractivity contribution in [1.29, 1.82) is 0 Å². The van der Waals surface area contributed by atoms with Crippen LogP contribution in [0.3, 0.4) is 0 Å². The molecule has 0 saturated carbocycles. The zero-order valence-electron chi connectivity index (χ0n) is 12.5. The zero-order valence-corrected chi connectivity index (χ0v) is 13.3. The Morgan fingerprint density at radius 3 is 2.83 bits per heavy atom. The molecule has 118 valence electrons. The monoisotopic (exact) mass is 329 g/mol. The molecule has 1 N–H and O–H groups in total. The van der Waals surface area contributed by atoms with Crippen LogP contribution in [0.15, 0.2) is 42.6 Å². The van der Waals surface area contributed by atoms with Gasteiger partial charge < -0.3 is 14.6 Å². The number of nitrogens with zero attached hydrogens (tertiary/aromatic N) is 2. The number of benzene rings is 1. The third kappa shape index (κ3) is 3.57. The molecule has 2 aromatic heterocycles. The summed E-state index contributed by atoms with van der Waals surface area (Å²) >= 11 is 1.55. The van der Waals surface area contributed by atoms with E-state index in [0.29, 0.717) is 12.2 Å². The molecule has 0 saturated heterocycles. The number of hydrogen-bond donors (Lipinski definition) is 1. The maximum atomic E-state index is 12.1. The number of amides is 1. The lowest BCUT2D eigenvalue weighted by atomic mass is 10.3. The van der Waals surface area contributed by atoms with Crippen molar-refractivity contribution in [1.82, 2.24) is 14.9 Å². The van der Waals surface area contributed by atoms with E-state index in [2.05, 4.69) is 9.97 Å². The number of aromatic amines is 1. The van der Waals surface area contributed by atoms with E-state index in [4.69, 9.17) is 4.74 Å². The van der Waals surface area contributed by atoms with E-state index in [-0.39, 0.29) is 12.5 Å². The largest absolute Gasteiger partial charge is 0.451 e. The molecule has 1 aromatic carbocycles. The Labute approximate surface area is 136 Å². The highest BCUT2D eigenvalue weighted by Crippen LogP contribution is 2.22. The van der Waals surface area contributed by atoms with Crippen LogP contribution in [0.2, 0.25) is 0 Å². The highest BCUT2D eigenvalue weighted by molar-refractivity contribution is 7.18. The first-order chi connectivity index (χ1) is 11.1. The van der Waals surface area contributed by atoms with E-state index in [0.717, 1.165) is 15.2 Å². The molecule has 3 rings (SSSR count). The molecule has 2 heterocycles. The van der Waals surface area contributed by atoms with Crippen molar-refractivity contribution < 1.29 is 14.3 Å².